The fraction of sp³-hybridized carbons (Fsp3) is 0.381. The Morgan fingerprint density at radius 3 is 2.76 bits per heavy atom. The third-order valence-electron chi connectivity index (χ3n) is 5.56. The van der Waals surface area contributed by atoms with Gasteiger partial charge in [0.2, 0.25) is 0 Å². The summed E-state index contributed by atoms with van der Waals surface area (Å²) in [6, 6.07) is 13.3. The molecule has 0 unspecified atom stereocenters. The minimum absolute atomic E-state index is 0.155. The Hall–Kier alpha value is -2.58. The molecule has 4 rings (SSSR count). The van der Waals surface area contributed by atoms with Crippen LogP contribution in [0, 0.1) is 0 Å². The van der Waals surface area contributed by atoms with E-state index in [-0.39, 0.29) is 23.8 Å². The quantitative estimate of drug-likeness (QED) is 0.611. The van der Waals surface area contributed by atoms with Crippen LogP contribution < -0.4 is 5.32 Å². The molecule has 0 saturated carbocycles. The number of carbonyl (C=O) groups excluding carboxylic acids is 3. The number of amides is 3. The average Bonchev–Trinajstić information content (AvgIpc) is 2.97. The molecule has 2 fully saturated rings. The summed E-state index contributed by atoms with van der Waals surface area (Å²) in [6.45, 7) is 3.03. The van der Waals surface area contributed by atoms with Gasteiger partial charge in [-0.2, -0.15) is 0 Å². The number of fused-ring (bicyclic) bond motifs is 1. The largest absolute Gasteiger partial charge is 0.468 e. The molecule has 8 heteroatoms. The zero-order chi connectivity index (χ0) is 20.6. The van der Waals surface area contributed by atoms with Crippen molar-refractivity contribution in [3.8, 4) is 0 Å². The smallest absolute Gasteiger partial charge is 0.326 e. The second kappa shape index (κ2) is 7.68. The van der Waals surface area contributed by atoms with E-state index in [9.17, 15) is 14.4 Å². The molecule has 0 aliphatic carbocycles. The minimum atomic E-state index is -1.12. The maximum Gasteiger partial charge on any atom is 0.326 e. The monoisotopic (exact) mass is 413 g/mol. The van der Waals surface area contributed by atoms with E-state index in [1.165, 1.54) is 23.8 Å². The van der Waals surface area contributed by atoms with Crippen molar-refractivity contribution in [3.63, 3.8) is 0 Å². The Bertz CT molecular complexity index is 981. The van der Waals surface area contributed by atoms with Crippen LogP contribution in [-0.2, 0) is 19.9 Å². The number of urea groups is 1. The molecule has 2 atom stereocenters. The highest BCUT2D eigenvalue weighted by Gasteiger charge is 2.49. The van der Waals surface area contributed by atoms with E-state index in [0.29, 0.717) is 13.1 Å². The Kier molecular flexibility index (Phi) is 5.23. The van der Waals surface area contributed by atoms with Gasteiger partial charge in [-0.1, -0.05) is 36.4 Å². The first-order chi connectivity index (χ1) is 13.9. The molecule has 152 valence electrons. The Labute approximate surface area is 173 Å². The highest BCUT2D eigenvalue weighted by atomic mass is 32.2. The third kappa shape index (κ3) is 3.58. The number of methoxy groups -OCH3 is 1. The summed E-state index contributed by atoms with van der Waals surface area (Å²) in [7, 11) is 1.37. The summed E-state index contributed by atoms with van der Waals surface area (Å²) in [4.78, 5) is 40.9. The molecule has 2 saturated heterocycles. The van der Waals surface area contributed by atoms with Crippen molar-refractivity contribution in [2.45, 2.75) is 17.7 Å². The minimum Gasteiger partial charge on any atom is -0.468 e. The van der Waals surface area contributed by atoms with Crippen molar-refractivity contribution in [3.05, 3.63) is 48.0 Å². The first-order valence-electron chi connectivity index (χ1n) is 9.47. The fourth-order valence-electron chi connectivity index (χ4n) is 3.83. The number of thioether (sulfide) groups is 1. The van der Waals surface area contributed by atoms with E-state index < -0.39 is 11.6 Å². The topological polar surface area (TPSA) is 79.0 Å². The van der Waals surface area contributed by atoms with Crippen LogP contribution in [0.5, 0.6) is 0 Å². The maximum absolute atomic E-state index is 13.2. The lowest BCUT2D eigenvalue weighted by Gasteiger charge is -2.33. The number of hydrogen-bond donors (Lipinski definition) is 1. The van der Waals surface area contributed by atoms with Gasteiger partial charge in [-0.05, 0) is 29.3 Å². The molecule has 2 aliphatic rings. The van der Waals surface area contributed by atoms with Gasteiger partial charge in [0.15, 0.2) is 0 Å². The van der Waals surface area contributed by atoms with Crippen LogP contribution in [-0.4, -0.2) is 65.6 Å². The van der Waals surface area contributed by atoms with E-state index in [4.69, 9.17) is 4.74 Å². The molecule has 2 aromatic rings. The van der Waals surface area contributed by atoms with Crippen LogP contribution in [0.2, 0.25) is 0 Å². The molecule has 0 radical (unpaired) electrons. The van der Waals surface area contributed by atoms with E-state index in [2.05, 4.69) is 5.32 Å². The zero-order valence-corrected chi connectivity index (χ0v) is 17.2. The first kappa shape index (κ1) is 19.7. The molecule has 0 spiro atoms. The number of carbonyl (C=O) groups is 3. The summed E-state index contributed by atoms with van der Waals surface area (Å²) >= 11 is 1.54. The Balaban J connectivity index is 1.54. The number of esters is 1. The number of nitrogens with one attached hydrogen (secondary N) is 1. The summed E-state index contributed by atoms with van der Waals surface area (Å²) in [5.74, 6) is 0.175. The number of imide groups is 1. The van der Waals surface area contributed by atoms with E-state index in [1.54, 1.807) is 6.92 Å². The van der Waals surface area contributed by atoms with Crippen LogP contribution in [0.15, 0.2) is 42.5 Å². The number of hydrogen-bond acceptors (Lipinski definition) is 6. The normalized spacial score (nSPS) is 25.3. The molecule has 2 aromatic carbocycles. The van der Waals surface area contributed by atoms with Crippen molar-refractivity contribution < 1.29 is 19.1 Å². The zero-order valence-electron chi connectivity index (χ0n) is 16.4. The van der Waals surface area contributed by atoms with Crippen LogP contribution in [0.4, 0.5) is 4.79 Å². The van der Waals surface area contributed by atoms with Crippen molar-refractivity contribution in [2.24, 2.45) is 0 Å². The van der Waals surface area contributed by atoms with Gasteiger partial charge in [0.25, 0.3) is 5.91 Å². The van der Waals surface area contributed by atoms with Crippen LogP contribution >= 0.6 is 11.8 Å². The van der Waals surface area contributed by atoms with Gasteiger partial charge in [0.05, 0.1) is 13.8 Å². The molecule has 29 heavy (non-hydrogen) atoms. The lowest BCUT2D eigenvalue weighted by atomic mass is 9.90. The van der Waals surface area contributed by atoms with E-state index >= 15 is 0 Å². The molecule has 1 N–H and O–H groups in total. The number of nitrogens with zero attached hydrogens (tertiary/aromatic N) is 2. The summed E-state index contributed by atoms with van der Waals surface area (Å²) in [5.41, 5.74) is -0.369. The molecular formula is C21H23N3O4S. The van der Waals surface area contributed by atoms with Gasteiger partial charge in [-0.15, -0.1) is 11.8 Å². The molecule has 0 aromatic heterocycles. The second-order valence-corrected chi connectivity index (χ2v) is 8.76. The first-order valence-corrected chi connectivity index (χ1v) is 10.5. The summed E-state index contributed by atoms with van der Waals surface area (Å²) in [6.07, 6.45) is 0. The van der Waals surface area contributed by atoms with Crippen molar-refractivity contribution >= 4 is 40.4 Å². The number of benzene rings is 2. The Morgan fingerprint density at radius 1 is 1.24 bits per heavy atom. The number of ether oxygens (including phenoxy) is 1. The van der Waals surface area contributed by atoms with E-state index in [1.807, 2.05) is 47.4 Å². The maximum atomic E-state index is 13.2. The lowest BCUT2D eigenvalue weighted by Crippen LogP contribution is -2.49. The van der Waals surface area contributed by atoms with E-state index in [0.717, 1.165) is 22.1 Å². The van der Waals surface area contributed by atoms with Gasteiger partial charge >= 0.3 is 12.0 Å². The van der Waals surface area contributed by atoms with Gasteiger partial charge in [-0.3, -0.25) is 14.5 Å². The fourth-order valence-corrected chi connectivity index (χ4v) is 5.02. The van der Waals surface area contributed by atoms with Crippen LogP contribution in [0.1, 0.15) is 12.5 Å². The third-order valence-corrected chi connectivity index (χ3v) is 6.72. The lowest BCUT2D eigenvalue weighted by molar-refractivity contribution is -0.140. The molecule has 7 nitrogen and oxygen atoms in total. The van der Waals surface area contributed by atoms with Crippen molar-refractivity contribution in [2.75, 3.05) is 32.6 Å². The predicted octanol–water partition coefficient (Wildman–Crippen LogP) is 2.15. The Morgan fingerprint density at radius 2 is 2.00 bits per heavy atom. The van der Waals surface area contributed by atoms with Gasteiger partial charge in [-0.25, -0.2) is 9.69 Å². The summed E-state index contributed by atoms with van der Waals surface area (Å²) < 4.78 is 4.83. The molecule has 2 heterocycles. The number of rotatable bonds is 4. The van der Waals surface area contributed by atoms with Crippen molar-refractivity contribution in [1.82, 2.24) is 15.1 Å². The standard InChI is InChI=1S/C21H23N3O4S/c1-21(16-8-7-14-5-3-4-6-15(14)11-16)19(26)24(20(27)22-21)13-23-9-10-29-17(12-23)18(25)28-2/h3-8,11,17H,9-10,12-13H2,1-2H3,(H,22,27)/t17-,21-/m0/s1. The summed E-state index contributed by atoms with van der Waals surface area (Å²) in [5, 5.41) is 4.65. The van der Waals surface area contributed by atoms with Crippen LogP contribution in [0.3, 0.4) is 0 Å². The average molecular weight is 413 g/mol. The van der Waals surface area contributed by atoms with Crippen molar-refractivity contribution in [1.29, 1.82) is 0 Å². The SMILES string of the molecule is COC(=O)[C@@H]1CN(CN2C(=O)N[C@@](C)(c3ccc4ccccc4c3)C2=O)CCS1. The molecule has 0 bridgehead atoms. The molecule has 3 amide bonds. The highest BCUT2D eigenvalue weighted by molar-refractivity contribution is 8.00. The van der Waals surface area contributed by atoms with Crippen LogP contribution in [0.25, 0.3) is 10.8 Å². The molecule has 2 aliphatic heterocycles. The van der Waals surface area contributed by atoms with Gasteiger partial charge in [0, 0.05) is 18.8 Å². The molecular weight excluding hydrogens is 390 g/mol. The highest BCUT2D eigenvalue weighted by Crippen LogP contribution is 2.31. The predicted molar refractivity (Wildman–Crippen MR) is 111 cm³/mol. The van der Waals surface area contributed by atoms with Gasteiger partial charge in [0.1, 0.15) is 10.8 Å². The second-order valence-electron chi connectivity index (χ2n) is 7.45. The van der Waals surface area contributed by atoms with Gasteiger partial charge < -0.3 is 10.1 Å².